The van der Waals surface area contributed by atoms with Crippen LogP contribution in [0.1, 0.15) is 83.1 Å². The summed E-state index contributed by atoms with van der Waals surface area (Å²) in [5.41, 5.74) is -2.14. The summed E-state index contributed by atoms with van der Waals surface area (Å²) < 4.78 is 48.7. The number of carbonyl (C=O) groups is 1. The number of halogens is 3. The molecule has 0 bridgehead atoms. The second-order valence-electron chi connectivity index (χ2n) is 11.0. The van der Waals surface area contributed by atoms with Crippen LogP contribution in [-0.2, 0) is 15.1 Å². The molecule has 5 nitrogen and oxygen atoms in total. The predicted molar refractivity (Wildman–Crippen MR) is 138 cm³/mol. The van der Waals surface area contributed by atoms with Gasteiger partial charge in [0.2, 0.25) is 5.91 Å². The Labute approximate surface area is 220 Å². The first-order chi connectivity index (χ1) is 17.8. The third-order valence-corrected chi connectivity index (χ3v) is 8.31. The maximum absolute atomic E-state index is 15.0. The number of amides is 1. The van der Waals surface area contributed by atoms with Crippen LogP contribution in [0.3, 0.4) is 0 Å². The summed E-state index contributed by atoms with van der Waals surface area (Å²) in [6.45, 7) is 4.55. The number of nitrogens with one attached hydrogen (secondary N) is 1. The maximum atomic E-state index is 15.0. The molecule has 2 fully saturated rings. The van der Waals surface area contributed by atoms with Gasteiger partial charge >= 0.3 is 0 Å². The average Bonchev–Trinajstić information content (AvgIpc) is 3.39. The van der Waals surface area contributed by atoms with E-state index in [0.29, 0.717) is 63.8 Å². The predicted octanol–water partition coefficient (Wildman–Crippen LogP) is 5.54. The Bertz CT molecular complexity index is 865. The first kappa shape index (κ1) is 29.9. The Kier molecular flexibility index (Phi) is 11.7. The smallest absolute Gasteiger partial charge is 0.222 e. The molecule has 1 heterocycles. The molecule has 1 aromatic carbocycles. The van der Waals surface area contributed by atoms with Crippen LogP contribution in [0.4, 0.5) is 13.2 Å². The van der Waals surface area contributed by atoms with Crippen molar-refractivity contribution in [1.82, 2.24) is 10.2 Å². The molecule has 2 aliphatic rings. The topological polar surface area (TPSA) is 61.8 Å². The number of rotatable bonds is 14. The zero-order chi connectivity index (χ0) is 26.8. The summed E-state index contributed by atoms with van der Waals surface area (Å²) in [4.78, 5) is 15.1. The molecule has 37 heavy (non-hydrogen) atoms. The van der Waals surface area contributed by atoms with Crippen molar-refractivity contribution in [2.75, 3.05) is 39.9 Å². The molecule has 1 amide bonds. The fraction of sp³-hybridized carbons (Fsp3) is 0.759. The van der Waals surface area contributed by atoms with E-state index in [0.717, 1.165) is 19.0 Å². The number of hydrogen-bond donors (Lipinski definition) is 2. The Morgan fingerprint density at radius 2 is 1.95 bits per heavy atom. The highest BCUT2D eigenvalue weighted by Gasteiger charge is 2.43. The number of ether oxygens (including phenoxy) is 1. The number of aliphatic hydroxyl groups is 1. The summed E-state index contributed by atoms with van der Waals surface area (Å²) in [5, 5.41) is 15.1. The van der Waals surface area contributed by atoms with Crippen molar-refractivity contribution >= 4 is 5.91 Å². The van der Waals surface area contributed by atoms with Crippen LogP contribution in [-0.4, -0.2) is 55.8 Å². The summed E-state index contributed by atoms with van der Waals surface area (Å²) in [6, 6.07) is 1.41. The van der Waals surface area contributed by atoms with Gasteiger partial charge in [0.15, 0.2) is 11.6 Å². The van der Waals surface area contributed by atoms with Gasteiger partial charge in [0.05, 0.1) is 5.60 Å². The van der Waals surface area contributed by atoms with E-state index in [4.69, 9.17) is 4.74 Å². The van der Waals surface area contributed by atoms with E-state index in [1.165, 1.54) is 25.7 Å². The first-order valence-electron chi connectivity index (χ1n) is 14.2. The van der Waals surface area contributed by atoms with Crippen molar-refractivity contribution in [3.8, 4) is 0 Å². The van der Waals surface area contributed by atoms with Gasteiger partial charge in [-0.05, 0) is 76.9 Å². The molecular weight excluding hydrogens is 481 g/mol. The summed E-state index contributed by atoms with van der Waals surface area (Å²) in [5.74, 6) is -3.03. The molecule has 8 heteroatoms. The van der Waals surface area contributed by atoms with E-state index in [9.17, 15) is 23.1 Å². The largest absolute Gasteiger partial charge is 0.385 e. The lowest BCUT2D eigenvalue weighted by Crippen LogP contribution is -2.49. The Morgan fingerprint density at radius 1 is 1.19 bits per heavy atom. The number of carbonyl (C=O) groups excluding carboxylic acids is 1. The van der Waals surface area contributed by atoms with Crippen LogP contribution in [0.2, 0.25) is 0 Å². The summed E-state index contributed by atoms with van der Waals surface area (Å²) in [7, 11) is 1.90. The number of benzene rings is 1. The lowest BCUT2D eigenvalue weighted by Gasteiger charge is -2.43. The van der Waals surface area contributed by atoms with Crippen molar-refractivity contribution < 1.29 is 27.8 Å². The number of likely N-dealkylation sites (tertiary alicyclic amines) is 1. The lowest BCUT2D eigenvalue weighted by atomic mass is 9.73. The van der Waals surface area contributed by atoms with E-state index in [-0.39, 0.29) is 30.4 Å². The molecule has 210 valence electrons. The van der Waals surface area contributed by atoms with Crippen LogP contribution in [0.5, 0.6) is 0 Å². The van der Waals surface area contributed by atoms with Gasteiger partial charge in [-0.1, -0.05) is 25.7 Å². The SMILES string of the molecule is CCOCCCC[C@@](O)(c1cc(F)cc(F)c1F)[C@@H]1CCCN(C(=O)C[C@H](CNC)CC2CCCC2)C1. The Morgan fingerprint density at radius 3 is 2.65 bits per heavy atom. The van der Waals surface area contributed by atoms with E-state index in [1.54, 1.807) is 4.90 Å². The standard InChI is InChI=1S/C29H45F3N2O3/c1-3-37-14-7-6-12-29(36,25-17-24(30)18-26(31)28(25)32)23-11-8-13-34(20-23)27(35)16-22(19-33-2)15-21-9-4-5-10-21/h17-18,21-23,33,36H,3-16,19-20H2,1-2H3/t22-,23-,29+/m1/s1. The number of hydrogen-bond acceptors (Lipinski definition) is 4. The molecule has 3 rings (SSSR count). The van der Waals surface area contributed by atoms with Gasteiger partial charge in [-0.2, -0.15) is 0 Å². The van der Waals surface area contributed by atoms with Crippen molar-refractivity contribution in [3.05, 3.63) is 35.1 Å². The highest BCUT2D eigenvalue weighted by atomic mass is 19.2. The van der Waals surface area contributed by atoms with Gasteiger partial charge < -0.3 is 20.1 Å². The van der Waals surface area contributed by atoms with Crippen LogP contribution in [0, 0.1) is 35.2 Å². The highest BCUT2D eigenvalue weighted by Crippen LogP contribution is 2.42. The molecule has 1 saturated carbocycles. The van der Waals surface area contributed by atoms with Crippen LogP contribution < -0.4 is 5.32 Å². The Balaban J connectivity index is 1.75. The quantitative estimate of drug-likeness (QED) is 0.247. The van der Waals surface area contributed by atoms with E-state index < -0.39 is 29.0 Å². The second kappa shape index (κ2) is 14.5. The van der Waals surface area contributed by atoms with Crippen LogP contribution in [0.25, 0.3) is 0 Å². The zero-order valence-electron chi connectivity index (χ0n) is 22.5. The molecule has 1 aliphatic carbocycles. The first-order valence-corrected chi connectivity index (χ1v) is 14.2. The van der Waals surface area contributed by atoms with Crippen LogP contribution in [0.15, 0.2) is 12.1 Å². The van der Waals surface area contributed by atoms with Gasteiger partial charge in [-0.15, -0.1) is 0 Å². The molecule has 0 spiro atoms. The molecule has 1 aliphatic heterocycles. The minimum atomic E-state index is -1.79. The van der Waals surface area contributed by atoms with Gasteiger partial charge in [-0.25, -0.2) is 13.2 Å². The molecule has 2 N–H and O–H groups in total. The molecule has 1 saturated heterocycles. The minimum absolute atomic E-state index is 0.0348. The molecule has 3 atom stereocenters. The fourth-order valence-electron chi connectivity index (χ4n) is 6.39. The van der Waals surface area contributed by atoms with Crippen molar-refractivity contribution in [2.24, 2.45) is 17.8 Å². The fourth-order valence-corrected chi connectivity index (χ4v) is 6.39. The summed E-state index contributed by atoms with van der Waals surface area (Å²) >= 11 is 0. The van der Waals surface area contributed by atoms with Crippen molar-refractivity contribution in [2.45, 2.75) is 83.2 Å². The molecule has 0 aromatic heterocycles. The van der Waals surface area contributed by atoms with Crippen LogP contribution >= 0.6 is 0 Å². The molecule has 0 radical (unpaired) electrons. The van der Waals surface area contributed by atoms with Gasteiger partial charge in [0, 0.05) is 50.3 Å². The summed E-state index contributed by atoms with van der Waals surface area (Å²) in [6.07, 6.45) is 8.91. The average molecular weight is 527 g/mol. The van der Waals surface area contributed by atoms with E-state index in [1.807, 2.05) is 14.0 Å². The van der Waals surface area contributed by atoms with Crippen molar-refractivity contribution in [1.29, 1.82) is 0 Å². The van der Waals surface area contributed by atoms with Gasteiger partial charge in [0.25, 0.3) is 0 Å². The van der Waals surface area contributed by atoms with Gasteiger partial charge in [-0.3, -0.25) is 4.79 Å². The lowest BCUT2D eigenvalue weighted by molar-refractivity contribution is -0.138. The maximum Gasteiger partial charge on any atom is 0.222 e. The number of nitrogens with zero attached hydrogens (tertiary/aromatic N) is 1. The number of unbranched alkanes of at least 4 members (excludes halogenated alkanes) is 1. The normalized spacial score (nSPS) is 21.2. The molecular formula is C29H45F3N2O3. The Hall–Kier alpha value is -1.64. The van der Waals surface area contributed by atoms with E-state index in [2.05, 4.69) is 5.32 Å². The third-order valence-electron chi connectivity index (χ3n) is 8.31. The minimum Gasteiger partial charge on any atom is -0.385 e. The van der Waals surface area contributed by atoms with E-state index >= 15 is 0 Å². The number of piperidine rings is 1. The third kappa shape index (κ3) is 8.17. The van der Waals surface area contributed by atoms with Crippen molar-refractivity contribution in [3.63, 3.8) is 0 Å². The zero-order valence-corrected chi connectivity index (χ0v) is 22.5. The van der Waals surface area contributed by atoms with Gasteiger partial charge in [0.1, 0.15) is 5.82 Å². The highest BCUT2D eigenvalue weighted by molar-refractivity contribution is 5.76. The monoisotopic (exact) mass is 526 g/mol. The molecule has 0 unspecified atom stereocenters. The second-order valence-corrected chi connectivity index (χ2v) is 11.0. The molecule has 1 aromatic rings.